The maximum Gasteiger partial charge on any atom is 0.352 e. The van der Waals surface area contributed by atoms with Crippen LogP contribution in [0.2, 0.25) is 0 Å². The van der Waals surface area contributed by atoms with Gasteiger partial charge in [0.2, 0.25) is 5.91 Å². The van der Waals surface area contributed by atoms with Gasteiger partial charge in [-0.2, -0.15) is 10.4 Å². The highest BCUT2D eigenvalue weighted by Gasteiger charge is 2.27. The van der Waals surface area contributed by atoms with Gasteiger partial charge in [-0.3, -0.25) is 4.79 Å². The Morgan fingerprint density at radius 3 is 2.92 bits per heavy atom. The monoisotopic (exact) mass is 181 g/mol. The lowest BCUT2D eigenvalue weighted by atomic mass is 10.3. The first-order valence-electron chi connectivity index (χ1n) is 3.63. The molecule has 6 heteroatoms. The van der Waals surface area contributed by atoms with Gasteiger partial charge in [0, 0.05) is 0 Å². The van der Waals surface area contributed by atoms with Crippen LogP contribution in [0, 0.1) is 11.3 Å². The van der Waals surface area contributed by atoms with Crippen LogP contribution >= 0.6 is 0 Å². The fraction of sp³-hybridized carbons (Fsp3) is 0.429. The second-order valence-corrected chi connectivity index (χ2v) is 2.45. The molecule has 1 N–H and O–H groups in total. The number of carboxylic acids is 1. The van der Waals surface area contributed by atoms with Gasteiger partial charge in [0.05, 0.1) is 25.5 Å². The van der Waals surface area contributed by atoms with E-state index < -0.39 is 5.97 Å². The lowest BCUT2D eigenvalue weighted by molar-refractivity contribution is -0.130. The van der Waals surface area contributed by atoms with Crippen LogP contribution in [0.4, 0.5) is 0 Å². The standard InChI is InChI=1S/C7H7N3O3/c8-2-1-3-10-6(11)4-5(9-10)7(12)13/h1,3-4H2,(H,12,13). The summed E-state index contributed by atoms with van der Waals surface area (Å²) in [6, 6.07) is 1.85. The van der Waals surface area contributed by atoms with Crippen molar-refractivity contribution >= 4 is 17.6 Å². The zero-order chi connectivity index (χ0) is 9.84. The van der Waals surface area contributed by atoms with Crippen LogP contribution in [0.1, 0.15) is 12.8 Å². The van der Waals surface area contributed by atoms with E-state index in [-0.39, 0.29) is 31.0 Å². The Bertz CT molecular complexity index is 315. The van der Waals surface area contributed by atoms with Gasteiger partial charge in [-0.1, -0.05) is 0 Å². The number of hydrazone groups is 1. The molecule has 0 saturated carbocycles. The third-order valence-electron chi connectivity index (χ3n) is 1.53. The van der Waals surface area contributed by atoms with Crippen molar-refractivity contribution in [3.05, 3.63) is 0 Å². The zero-order valence-corrected chi connectivity index (χ0v) is 6.73. The van der Waals surface area contributed by atoms with Crippen LogP contribution < -0.4 is 0 Å². The summed E-state index contributed by atoms with van der Waals surface area (Å²) in [5, 5.41) is 21.3. The number of aliphatic carboxylic acids is 1. The second-order valence-electron chi connectivity index (χ2n) is 2.45. The fourth-order valence-corrected chi connectivity index (χ4v) is 0.920. The first-order valence-corrected chi connectivity index (χ1v) is 3.63. The minimum Gasteiger partial charge on any atom is -0.477 e. The highest BCUT2D eigenvalue weighted by molar-refractivity contribution is 6.40. The first kappa shape index (κ1) is 9.19. The number of hydrogen-bond acceptors (Lipinski definition) is 4. The van der Waals surface area contributed by atoms with E-state index >= 15 is 0 Å². The van der Waals surface area contributed by atoms with Crippen molar-refractivity contribution < 1.29 is 14.7 Å². The van der Waals surface area contributed by atoms with Gasteiger partial charge in [-0.15, -0.1) is 0 Å². The molecule has 1 rings (SSSR count). The Morgan fingerprint density at radius 1 is 1.77 bits per heavy atom. The average molecular weight is 181 g/mol. The molecule has 1 heterocycles. The molecule has 0 bridgehead atoms. The lowest BCUT2D eigenvalue weighted by Crippen LogP contribution is -2.21. The van der Waals surface area contributed by atoms with Gasteiger partial charge < -0.3 is 5.11 Å². The zero-order valence-electron chi connectivity index (χ0n) is 6.73. The minimum atomic E-state index is -1.19. The van der Waals surface area contributed by atoms with Crippen LogP contribution in [0.25, 0.3) is 0 Å². The van der Waals surface area contributed by atoms with E-state index in [9.17, 15) is 9.59 Å². The normalized spacial score (nSPS) is 15.5. The van der Waals surface area contributed by atoms with Crippen LogP contribution in [-0.4, -0.2) is 34.2 Å². The Balaban J connectivity index is 2.62. The molecule has 0 spiro atoms. The van der Waals surface area contributed by atoms with Crippen molar-refractivity contribution in [3.63, 3.8) is 0 Å². The molecule has 0 aromatic carbocycles. The molecule has 6 nitrogen and oxygen atoms in total. The highest BCUT2D eigenvalue weighted by Crippen LogP contribution is 2.08. The van der Waals surface area contributed by atoms with Crippen LogP contribution in [0.5, 0.6) is 0 Å². The van der Waals surface area contributed by atoms with Gasteiger partial charge >= 0.3 is 5.97 Å². The summed E-state index contributed by atoms with van der Waals surface area (Å²) in [6.45, 7) is 0.159. The molecule has 0 aromatic rings. The average Bonchev–Trinajstić information content (AvgIpc) is 2.44. The summed E-state index contributed by atoms with van der Waals surface area (Å²) < 4.78 is 0. The highest BCUT2D eigenvalue weighted by atomic mass is 16.4. The molecular formula is C7H7N3O3. The summed E-state index contributed by atoms with van der Waals surface area (Å²) in [5.74, 6) is -1.56. The van der Waals surface area contributed by atoms with Crippen molar-refractivity contribution in [1.82, 2.24) is 5.01 Å². The predicted octanol–water partition coefficient (Wildman–Crippen LogP) is -0.427. The minimum absolute atomic E-state index is 0.155. The van der Waals surface area contributed by atoms with Gasteiger partial charge in [-0.25, -0.2) is 9.80 Å². The Hall–Kier alpha value is -1.90. The summed E-state index contributed by atoms with van der Waals surface area (Å²) in [7, 11) is 0. The molecule has 0 atom stereocenters. The molecule has 0 radical (unpaired) electrons. The van der Waals surface area contributed by atoms with E-state index in [0.29, 0.717) is 0 Å². The Labute approximate surface area is 74.1 Å². The molecule has 13 heavy (non-hydrogen) atoms. The maximum absolute atomic E-state index is 11.0. The molecule has 0 saturated heterocycles. The van der Waals surface area contributed by atoms with Crippen molar-refractivity contribution in [2.75, 3.05) is 6.54 Å². The number of hydrogen-bond donors (Lipinski definition) is 1. The maximum atomic E-state index is 11.0. The van der Waals surface area contributed by atoms with E-state index in [4.69, 9.17) is 10.4 Å². The molecule has 0 aromatic heterocycles. The van der Waals surface area contributed by atoms with Crippen molar-refractivity contribution in [2.24, 2.45) is 5.10 Å². The molecule has 1 amide bonds. The fourth-order valence-electron chi connectivity index (χ4n) is 0.920. The SMILES string of the molecule is N#CCCN1N=C(C(=O)O)CC1=O. The molecule has 0 fully saturated rings. The number of nitrogens with zero attached hydrogens (tertiary/aromatic N) is 3. The number of amides is 1. The molecular weight excluding hydrogens is 174 g/mol. The number of carbonyl (C=O) groups excluding carboxylic acids is 1. The molecule has 1 aliphatic rings. The predicted molar refractivity (Wildman–Crippen MR) is 41.6 cm³/mol. The number of rotatable bonds is 3. The van der Waals surface area contributed by atoms with E-state index in [1.807, 2.05) is 6.07 Å². The summed E-state index contributed by atoms with van der Waals surface area (Å²) >= 11 is 0. The first-order chi connectivity index (χ1) is 6.15. The lowest BCUT2D eigenvalue weighted by Gasteiger charge is -2.07. The van der Waals surface area contributed by atoms with Gasteiger partial charge in [-0.05, 0) is 0 Å². The van der Waals surface area contributed by atoms with Crippen molar-refractivity contribution in [2.45, 2.75) is 12.8 Å². The number of nitriles is 1. The molecule has 0 aliphatic carbocycles. The smallest absolute Gasteiger partial charge is 0.352 e. The summed E-state index contributed by atoms with van der Waals surface area (Å²) in [4.78, 5) is 21.4. The Morgan fingerprint density at radius 2 is 2.46 bits per heavy atom. The molecule has 68 valence electrons. The Kier molecular flexibility index (Phi) is 2.59. The van der Waals surface area contributed by atoms with E-state index in [1.54, 1.807) is 0 Å². The third kappa shape index (κ3) is 2.02. The van der Waals surface area contributed by atoms with Crippen LogP contribution in [0.3, 0.4) is 0 Å². The van der Waals surface area contributed by atoms with Gasteiger partial charge in [0.1, 0.15) is 0 Å². The van der Waals surface area contributed by atoms with Crippen molar-refractivity contribution in [3.8, 4) is 6.07 Å². The van der Waals surface area contributed by atoms with E-state index in [2.05, 4.69) is 5.10 Å². The summed E-state index contributed by atoms with van der Waals surface area (Å²) in [6.07, 6.45) is -0.0249. The topological polar surface area (TPSA) is 93.8 Å². The van der Waals surface area contributed by atoms with E-state index in [1.165, 1.54) is 0 Å². The summed E-state index contributed by atoms with van der Waals surface area (Å²) in [5.41, 5.74) is -0.164. The number of carboxylic acid groups (broad SMARTS) is 1. The molecule has 0 unspecified atom stereocenters. The van der Waals surface area contributed by atoms with Crippen molar-refractivity contribution in [1.29, 1.82) is 5.26 Å². The van der Waals surface area contributed by atoms with Gasteiger partial charge in [0.25, 0.3) is 0 Å². The third-order valence-corrected chi connectivity index (χ3v) is 1.53. The van der Waals surface area contributed by atoms with Crippen LogP contribution in [0.15, 0.2) is 5.10 Å². The largest absolute Gasteiger partial charge is 0.477 e. The van der Waals surface area contributed by atoms with E-state index in [0.717, 1.165) is 5.01 Å². The van der Waals surface area contributed by atoms with Crippen LogP contribution in [-0.2, 0) is 9.59 Å². The quantitative estimate of drug-likeness (QED) is 0.639. The van der Waals surface area contributed by atoms with Gasteiger partial charge in [0.15, 0.2) is 5.71 Å². The second kappa shape index (κ2) is 3.67. The molecule has 1 aliphatic heterocycles. The number of carbonyl (C=O) groups is 2.